The first-order valence-corrected chi connectivity index (χ1v) is 2.79. The van der Waals surface area contributed by atoms with Crippen LogP contribution in [-0.4, -0.2) is 25.9 Å². The molecule has 0 amide bonds. The second-order valence-electron chi connectivity index (χ2n) is 2.02. The molecule has 0 aliphatic carbocycles. The Morgan fingerprint density at radius 2 is 2.90 bits per heavy atom. The smallest absolute Gasteiger partial charge is 0.213 e. The van der Waals surface area contributed by atoms with E-state index in [0.29, 0.717) is 0 Å². The van der Waals surface area contributed by atoms with E-state index in [0.717, 1.165) is 0 Å². The maximum absolute atomic E-state index is 6.84. The first kappa shape index (κ1) is 3.72. The molecule has 0 aliphatic rings. The molecule has 58 valence electrons. The van der Waals surface area contributed by atoms with Gasteiger partial charge in [0.15, 0.2) is 6.29 Å². The summed E-state index contributed by atoms with van der Waals surface area (Å²) < 4.78 is 38.3. The molecule has 3 unspecified atom stereocenters. The molecule has 0 fully saturated rings. The van der Waals surface area contributed by atoms with E-state index < -0.39 is 25.3 Å². The molecule has 0 aliphatic heterocycles. The summed E-state index contributed by atoms with van der Waals surface area (Å²) in [5.41, 5.74) is 5.50. The van der Waals surface area contributed by atoms with Crippen LogP contribution in [0.15, 0.2) is 0 Å². The highest BCUT2D eigenvalue weighted by Crippen LogP contribution is 2.06. The summed E-state index contributed by atoms with van der Waals surface area (Å²) in [7, 11) is -2.66. The summed E-state index contributed by atoms with van der Waals surface area (Å²) in [5.74, 6) is 1.69. The van der Waals surface area contributed by atoms with Crippen LogP contribution in [0.3, 0.4) is 0 Å². The maximum Gasteiger partial charge on any atom is 0.213 e. The van der Waals surface area contributed by atoms with Crippen LogP contribution in [0.2, 0.25) is 0 Å². The van der Waals surface area contributed by atoms with E-state index in [9.17, 15) is 0 Å². The van der Waals surface area contributed by atoms with Crippen LogP contribution in [0.4, 0.5) is 0 Å². The van der Waals surface area contributed by atoms with E-state index in [1.807, 2.05) is 6.40 Å². The lowest BCUT2D eigenvalue weighted by Gasteiger charge is -2.19. The van der Waals surface area contributed by atoms with Gasteiger partial charge in [0.2, 0.25) is 1.43 Å². The summed E-state index contributed by atoms with van der Waals surface area (Å²) in [6, 6.07) is -0.778. The van der Waals surface area contributed by atoms with Gasteiger partial charge < -0.3 is 15.6 Å². The predicted molar refractivity (Wildman–Crippen MR) is 39.0 cm³/mol. The highest BCUT2D eigenvalue weighted by atomic mass is 16.6. The lowest BCUT2D eigenvalue weighted by molar-refractivity contribution is -0.109. The van der Waals surface area contributed by atoms with E-state index in [2.05, 4.69) is 15.8 Å². The first-order valence-electron chi connectivity index (χ1n) is 5.20. The molecule has 3 heteroatoms. The standard InChI is InChI=1S/C7H13NO2/c1-4-6(8)5(2)7(9)10-3/h1,5-7,9H,8H2,2-3H3/i1D,3D3,9D. The molecule has 0 saturated heterocycles. The summed E-state index contributed by atoms with van der Waals surface area (Å²) in [5, 5.41) is 4.11. The number of hydrogen-bond donors (Lipinski definition) is 2. The van der Waals surface area contributed by atoms with Gasteiger partial charge >= 0.3 is 0 Å². The molecule has 3 atom stereocenters. The van der Waals surface area contributed by atoms with Crippen LogP contribution in [0, 0.1) is 18.2 Å². The molecule has 0 saturated carbocycles. The Kier molecular flexibility index (Phi) is 1.60. The van der Waals surface area contributed by atoms with Crippen molar-refractivity contribution in [3.05, 3.63) is 0 Å². The Morgan fingerprint density at radius 1 is 2.10 bits per heavy atom. The molecule has 0 spiro atoms. The summed E-state index contributed by atoms with van der Waals surface area (Å²) in [6.07, 6.45) is 0.554. The Morgan fingerprint density at radius 3 is 3.40 bits per heavy atom. The van der Waals surface area contributed by atoms with Crippen molar-refractivity contribution in [2.24, 2.45) is 11.7 Å². The number of ether oxygens (including phenoxy) is 1. The number of nitrogens with two attached hydrogens (primary N) is 1. The van der Waals surface area contributed by atoms with Gasteiger partial charge in [0.25, 0.3) is 0 Å². The quantitative estimate of drug-likeness (QED) is 0.419. The highest BCUT2D eigenvalue weighted by Gasteiger charge is 2.18. The summed E-state index contributed by atoms with van der Waals surface area (Å²) in [6.45, 7) is 1.53. The maximum atomic E-state index is 6.84. The van der Waals surface area contributed by atoms with Gasteiger partial charge in [0, 0.05) is 13.0 Å². The average Bonchev–Trinajstić information content (AvgIpc) is 2.12. The van der Waals surface area contributed by atoms with Crippen LogP contribution in [-0.2, 0) is 4.74 Å². The molecule has 0 aromatic heterocycles. The van der Waals surface area contributed by atoms with Gasteiger partial charge in [-0.3, -0.25) is 0 Å². The molecule has 3 nitrogen and oxygen atoms in total. The van der Waals surface area contributed by atoms with E-state index in [-0.39, 0.29) is 0 Å². The molecule has 0 heterocycles. The zero-order valence-corrected chi connectivity index (χ0v) is 5.63. The van der Waals surface area contributed by atoms with Crippen molar-refractivity contribution in [1.29, 1.82) is 1.43 Å². The zero-order chi connectivity index (χ0) is 12.1. The highest BCUT2D eigenvalue weighted by molar-refractivity contribution is 4.99. The van der Waals surface area contributed by atoms with Crippen LogP contribution in [0.25, 0.3) is 0 Å². The Labute approximate surface area is 68.3 Å². The minimum atomic E-state index is -2.66. The van der Waals surface area contributed by atoms with Crippen molar-refractivity contribution in [2.75, 3.05) is 7.04 Å². The summed E-state index contributed by atoms with van der Waals surface area (Å²) in [4.78, 5) is 0. The lowest BCUT2D eigenvalue weighted by atomic mass is 10.0. The number of methoxy groups -OCH3 is 1. The fourth-order valence-corrected chi connectivity index (χ4v) is 0.408. The van der Waals surface area contributed by atoms with Crippen LogP contribution in [0.5, 0.6) is 0 Å². The Balaban J connectivity index is 4.44. The second-order valence-corrected chi connectivity index (χ2v) is 2.02. The van der Waals surface area contributed by atoms with E-state index >= 15 is 0 Å². The number of aliphatic hydroxyl groups is 1. The predicted octanol–water partition coefficient (Wildman–Crippen LogP) is -0.452. The SMILES string of the molecule is [2H]C#CC(N)C(C)C(O[2H])OC([2H])([2H])[2H]. The van der Waals surface area contributed by atoms with E-state index in [1.54, 1.807) is 0 Å². The topological polar surface area (TPSA) is 55.5 Å². The van der Waals surface area contributed by atoms with Gasteiger partial charge in [0.05, 0.1) is 10.2 Å². The number of rotatable bonds is 4. The van der Waals surface area contributed by atoms with Gasteiger partial charge in [-0.15, -0.1) is 6.40 Å². The van der Waals surface area contributed by atoms with Crippen LogP contribution >= 0.6 is 0 Å². The Hall–Kier alpha value is -0.560. The van der Waals surface area contributed by atoms with Crippen LogP contribution in [0.1, 0.15) is 12.4 Å². The first-order chi connectivity index (χ1) is 6.81. The molecule has 0 aromatic rings. The monoisotopic (exact) mass is 148 g/mol. The number of terminal acetylenes is 1. The number of aliphatic hydroxyl groups excluding tert-OH is 1. The van der Waals surface area contributed by atoms with Crippen molar-refractivity contribution in [3.8, 4) is 12.3 Å². The molecule has 0 aromatic carbocycles. The normalized spacial score (nSPS) is 26.8. The fraction of sp³-hybridized carbons (Fsp3) is 0.714. The zero-order valence-electron chi connectivity index (χ0n) is 10.6. The lowest BCUT2D eigenvalue weighted by Crippen LogP contribution is -2.35. The van der Waals surface area contributed by atoms with Crippen molar-refractivity contribution < 1.29 is 15.3 Å². The van der Waals surface area contributed by atoms with Crippen LogP contribution < -0.4 is 5.73 Å². The molecule has 0 rings (SSSR count). The molecule has 3 N–H and O–H groups in total. The minimum Gasteiger partial charge on any atom is -0.368 e. The summed E-state index contributed by atoms with van der Waals surface area (Å²) >= 11 is 0. The largest absolute Gasteiger partial charge is 0.368 e. The van der Waals surface area contributed by atoms with Crippen molar-refractivity contribution >= 4 is 0 Å². The number of hydrogen-bond acceptors (Lipinski definition) is 3. The van der Waals surface area contributed by atoms with Gasteiger partial charge in [-0.05, 0) is 0 Å². The third-order valence-corrected chi connectivity index (χ3v) is 1.28. The molecule has 0 bridgehead atoms. The van der Waals surface area contributed by atoms with Gasteiger partial charge in [-0.2, -0.15) is 0 Å². The third-order valence-electron chi connectivity index (χ3n) is 1.28. The average molecular weight is 148 g/mol. The molecule has 10 heavy (non-hydrogen) atoms. The van der Waals surface area contributed by atoms with Crippen molar-refractivity contribution in [2.45, 2.75) is 19.3 Å². The van der Waals surface area contributed by atoms with Gasteiger partial charge in [0.1, 0.15) is 1.37 Å². The third kappa shape index (κ3) is 2.36. The van der Waals surface area contributed by atoms with Crippen molar-refractivity contribution in [3.63, 3.8) is 0 Å². The van der Waals surface area contributed by atoms with Crippen molar-refractivity contribution in [1.82, 2.24) is 0 Å². The van der Waals surface area contributed by atoms with Gasteiger partial charge in [-0.1, -0.05) is 12.8 Å². The van der Waals surface area contributed by atoms with E-state index in [1.165, 1.54) is 6.92 Å². The van der Waals surface area contributed by atoms with Gasteiger partial charge in [-0.25, -0.2) is 0 Å². The second kappa shape index (κ2) is 4.29. The fourth-order valence-electron chi connectivity index (χ4n) is 0.408. The minimum absolute atomic E-state index is 0.624. The Bertz CT molecular complexity index is 246. The molecular weight excluding hydrogens is 130 g/mol. The van der Waals surface area contributed by atoms with E-state index in [4.69, 9.17) is 12.6 Å². The molecular formula is C7H13NO2. The molecule has 0 radical (unpaired) electrons.